The van der Waals surface area contributed by atoms with E-state index in [4.69, 9.17) is 11.6 Å². The monoisotopic (exact) mass is 259 g/mol. The van der Waals surface area contributed by atoms with Gasteiger partial charge in [-0.05, 0) is 31.6 Å². The molecule has 1 aliphatic rings. The van der Waals surface area contributed by atoms with Crippen molar-refractivity contribution in [2.45, 2.75) is 65.3 Å². The third kappa shape index (κ3) is 3.87. The summed E-state index contributed by atoms with van der Waals surface area (Å²) in [5, 5.41) is 3.16. The van der Waals surface area contributed by atoms with Gasteiger partial charge in [-0.15, -0.1) is 11.6 Å². The van der Waals surface area contributed by atoms with Gasteiger partial charge in [-0.2, -0.15) is 0 Å². The van der Waals surface area contributed by atoms with E-state index in [1.807, 2.05) is 0 Å². The van der Waals surface area contributed by atoms with Crippen LogP contribution >= 0.6 is 11.6 Å². The smallest absolute Gasteiger partial charge is 0.226 e. The van der Waals surface area contributed by atoms with Crippen molar-refractivity contribution in [3.63, 3.8) is 0 Å². The van der Waals surface area contributed by atoms with Gasteiger partial charge in [0.2, 0.25) is 5.91 Å². The number of amides is 1. The van der Waals surface area contributed by atoms with Crippen LogP contribution in [0, 0.1) is 11.3 Å². The minimum atomic E-state index is -0.0959. The lowest BCUT2D eigenvalue weighted by Crippen LogP contribution is -2.45. The Morgan fingerprint density at radius 2 is 1.94 bits per heavy atom. The molecule has 1 unspecified atom stereocenters. The summed E-state index contributed by atoms with van der Waals surface area (Å²) in [6.07, 6.45) is 6.40. The second kappa shape index (κ2) is 6.63. The highest BCUT2D eigenvalue weighted by molar-refractivity contribution is 6.18. The molecule has 0 aliphatic heterocycles. The average Bonchev–Trinajstić information content (AvgIpc) is 2.77. The lowest BCUT2D eigenvalue weighted by atomic mass is 9.82. The van der Waals surface area contributed by atoms with Crippen molar-refractivity contribution in [2.24, 2.45) is 11.3 Å². The van der Waals surface area contributed by atoms with E-state index in [1.54, 1.807) is 0 Å². The highest BCUT2D eigenvalue weighted by Crippen LogP contribution is 2.41. The largest absolute Gasteiger partial charge is 0.352 e. The molecule has 1 fully saturated rings. The third-order valence-electron chi connectivity index (χ3n) is 4.00. The van der Waals surface area contributed by atoms with Crippen molar-refractivity contribution >= 4 is 17.5 Å². The first-order valence-corrected chi connectivity index (χ1v) is 7.44. The van der Waals surface area contributed by atoms with E-state index in [9.17, 15) is 4.79 Å². The summed E-state index contributed by atoms with van der Waals surface area (Å²) in [5.74, 6) is 1.33. The van der Waals surface area contributed by atoms with E-state index < -0.39 is 0 Å². The van der Waals surface area contributed by atoms with Crippen LogP contribution in [0.4, 0.5) is 0 Å². The van der Waals surface area contributed by atoms with Crippen LogP contribution in [-0.2, 0) is 4.79 Å². The van der Waals surface area contributed by atoms with Gasteiger partial charge >= 0.3 is 0 Å². The zero-order valence-electron chi connectivity index (χ0n) is 11.4. The molecule has 0 heterocycles. The number of carbonyl (C=O) groups is 1. The van der Waals surface area contributed by atoms with Crippen molar-refractivity contribution in [1.29, 1.82) is 0 Å². The topological polar surface area (TPSA) is 29.1 Å². The number of nitrogens with one attached hydrogen (secondary N) is 1. The van der Waals surface area contributed by atoms with E-state index in [0.29, 0.717) is 11.8 Å². The Balaban J connectivity index is 2.56. The molecule has 0 saturated heterocycles. The van der Waals surface area contributed by atoms with E-state index in [0.717, 1.165) is 25.7 Å². The summed E-state index contributed by atoms with van der Waals surface area (Å²) in [7, 11) is 0. The number of rotatable bonds is 6. The normalized spacial score (nSPS) is 20.5. The fourth-order valence-corrected chi connectivity index (χ4v) is 3.06. The molecule has 2 nitrogen and oxygen atoms in total. The maximum absolute atomic E-state index is 12.4. The van der Waals surface area contributed by atoms with Crippen molar-refractivity contribution in [1.82, 2.24) is 5.32 Å². The SMILES string of the molecule is CCC1(C(=O)NC(CCl)CC(C)C)CCCC1. The Bertz CT molecular complexity index is 247. The van der Waals surface area contributed by atoms with Gasteiger partial charge in [-0.3, -0.25) is 4.79 Å². The predicted octanol–water partition coefficient (Wildman–Crippen LogP) is 3.73. The zero-order valence-corrected chi connectivity index (χ0v) is 12.1. The predicted molar refractivity (Wildman–Crippen MR) is 73.3 cm³/mol. The van der Waals surface area contributed by atoms with Gasteiger partial charge in [-0.1, -0.05) is 33.6 Å². The van der Waals surface area contributed by atoms with E-state index in [2.05, 4.69) is 26.1 Å². The van der Waals surface area contributed by atoms with Crippen LogP contribution < -0.4 is 5.32 Å². The summed E-state index contributed by atoms with van der Waals surface area (Å²) in [5.41, 5.74) is -0.0959. The summed E-state index contributed by atoms with van der Waals surface area (Å²) >= 11 is 5.94. The van der Waals surface area contributed by atoms with Crippen LogP contribution in [0.15, 0.2) is 0 Å². The van der Waals surface area contributed by atoms with Crippen LogP contribution in [0.25, 0.3) is 0 Å². The maximum Gasteiger partial charge on any atom is 0.226 e. The van der Waals surface area contributed by atoms with Crippen molar-refractivity contribution in [2.75, 3.05) is 5.88 Å². The van der Waals surface area contributed by atoms with Gasteiger partial charge < -0.3 is 5.32 Å². The molecule has 0 bridgehead atoms. The summed E-state index contributed by atoms with van der Waals surface area (Å²) in [4.78, 5) is 12.4. The van der Waals surface area contributed by atoms with Gasteiger partial charge in [0.15, 0.2) is 0 Å². The Hall–Kier alpha value is -0.240. The molecule has 0 aromatic heterocycles. The summed E-state index contributed by atoms with van der Waals surface area (Å²) in [6, 6.07) is 0.133. The molecule has 1 amide bonds. The first kappa shape index (κ1) is 14.8. The Morgan fingerprint density at radius 3 is 2.35 bits per heavy atom. The average molecular weight is 260 g/mol. The Kier molecular flexibility index (Phi) is 5.78. The standard InChI is InChI=1S/C14H26ClNO/c1-4-14(7-5-6-8-14)13(17)16-12(10-15)9-11(2)3/h11-12H,4-10H2,1-3H3,(H,16,17). The number of halogens is 1. The number of alkyl halides is 1. The zero-order chi connectivity index (χ0) is 12.9. The number of carbonyl (C=O) groups excluding carboxylic acids is 1. The van der Waals surface area contributed by atoms with Gasteiger partial charge in [-0.25, -0.2) is 0 Å². The fourth-order valence-electron chi connectivity index (χ4n) is 2.86. The first-order chi connectivity index (χ1) is 8.04. The summed E-state index contributed by atoms with van der Waals surface area (Å²) in [6.45, 7) is 6.46. The van der Waals surface area contributed by atoms with Gasteiger partial charge in [0.05, 0.1) is 0 Å². The van der Waals surface area contributed by atoms with Crippen LogP contribution in [0.1, 0.15) is 59.3 Å². The third-order valence-corrected chi connectivity index (χ3v) is 4.37. The highest BCUT2D eigenvalue weighted by atomic mass is 35.5. The molecule has 1 N–H and O–H groups in total. The van der Waals surface area contributed by atoms with E-state index >= 15 is 0 Å². The van der Waals surface area contributed by atoms with Gasteiger partial charge in [0.1, 0.15) is 0 Å². The molecule has 0 spiro atoms. The highest BCUT2D eigenvalue weighted by Gasteiger charge is 2.39. The molecule has 100 valence electrons. The van der Waals surface area contributed by atoms with Crippen molar-refractivity contribution in [3.8, 4) is 0 Å². The molecular formula is C14H26ClNO. The van der Waals surface area contributed by atoms with E-state index in [1.165, 1.54) is 12.8 Å². The van der Waals surface area contributed by atoms with E-state index in [-0.39, 0.29) is 17.4 Å². The molecular weight excluding hydrogens is 234 g/mol. The minimum absolute atomic E-state index is 0.0959. The lowest BCUT2D eigenvalue weighted by Gasteiger charge is -2.29. The van der Waals surface area contributed by atoms with Crippen LogP contribution in [0.2, 0.25) is 0 Å². The molecule has 0 aromatic carbocycles. The molecule has 0 aromatic rings. The van der Waals surface area contributed by atoms with Gasteiger partial charge in [0.25, 0.3) is 0 Å². The van der Waals surface area contributed by atoms with Crippen LogP contribution in [0.5, 0.6) is 0 Å². The molecule has 1 rings (SSSR count). The van der Waals surface area contributed by atoms with Crippen LogP contribution in [-0.4, -0.2) is 17.8 Å². The molecule has 1 saturated carbocycles. The molecule has 17 heavy (non-hydrogen) atoms. The molecule has 3 heteroatoms. The van der Waals surface area contributed by atoms with Crippen molar-refractivity contribution < 1.29 is 4.79 Å². The maximum atomic E-state index is 12.4. The quantitative estimate of drug-likeness (QED) is 0.724. The minimum Gasteiger partial charge on any atom is -0.352 e. The Morgan fingerprint density at radius 1 is 1.35 bits per heavy atom. The molecule has 0 radical (unpaired) electrons. The fraction of sp³-hybridized carbons (Fsp3) is 0.929. The molecule has 1 atom stereocenters. The van der Waals surface area contributed by atoms with Crippen LogP contribution in [0.3, 0.4) is 0 Å². The summed E-state index contributed by atoms with van der Waals surface area (Å²) < 4.78 is 0. The number of hydrogen-bond donors (Lipinski definition) is 1. The Labute approximate surface area is 110 Å². The second-order valence-corrected chi connectivity index (χ2v) is 6.10. The van der Waals surface area contributed by atoms with Gasteiger partial charge in [0, 0.05) is 17.3 Å². The second-order valence-electron chi connectivity index (χ2n) is 5.80. The van der Waals surface area contributed by atoms with Crippen molar-refractivity contribution in [3.05, 3.63) is 0 Å². The molecule has 1 aliphatic carbocycles. The number of hydrogen-bond acceptors (Lipinski definition) is 1. The first-order valence-electron chi connectivity index (χ1n) is 6.91. The lowest BCUT2D eigenvalue weighted by molar-refractivity contribution is -0.131.